The van der Waals surface area contributed by atoms with Crippen LogP contribution in [0.5, 0.6) is 0 Å². The third-order valence-corrected chi connectivity index (χ3v) is 5.07. The van der Waals surface area contributed by atoms with E-state index in [4.69, 9.17) is 11.5 Å². The monoisotopic (exact) mass is 296 g/mol. The van der Waals surface area contributed by atoms with Crippen LogP contribution in [0.15, 0.2) is 0 Å². The molecule has 0 aromatic rings. The minimum absolute atomic E-state index is 0.288. The summed E-state index contributed by atoms with van der Waals surface area (Å²) in [5, 5.41) is 5.97. The summed E-state index contributed by atoms with van der Waals surface area (Å²) in [5.74, 6) is 0. The molecule has 0 spiro atoms. The van der Waals surface area contributed by atoms with Gasteiger partial charge < -0.3 is 22.1 Å². The quantitative estimate of drug-likeness (QED) is 0.637. The van der Waals surface area contributed by atoms with Crippen LogP contribution in [0.3, 0.4) is 0 Å². The summed E-state index contributed by atoms with van der Waals surface area (Å²) in [6.45, 7) is 0. The Balaban J connectivity index is 2.17. The number of nitrogens with one attached hydrogen (secondary N) is 2. The van der Waals surface area contributed by atoms with Gasteiger partial charge in [0, 0.05) is 11.1 Å². The number of hydrogen-bond donors (Lipinski definition) is 4. The maximum atomic E-state index is 11.4. The van der Waals surface area contributed by atoms with Crippen LogP contribution in [0.4, 0.5) is 9.59 Å². The molecule has 0 aromatic heterocycles. The minimum atomic E-state index is -0.470. The number of carbonyl (C=O) groups excluding carboxylic acids is 2. The summed E-state index contributed by atoms with van der Waals surface area (Å²) in [6, 6.07) is -0.941. The van der Waals surface area contributed by atoms with Crippen LogP contribution in [0.25, 0.3) is 0 Å². The first-order chi connectivity index (χ1) is 9.95. The zero-order chi connectivity index (χ0) is 15.3. The molecule has 0 atom stereocenters. The summed E-state index contributed by atoms with van der Waals surface area (Å²) < 4.78 is 0. The predicted molar refractivity (Wildman–Crippen MR) is 81.7 cm³/mol. The van der Waals surface area contributed by atoms with Crippen LogP contribution in [-0.4, -0.2) is 23.1 Å². The number of carbonyl (C=O) groups is 2. The van der Waals surface area contributed by atoms with Crippen LogP contribution >= 0.6 is 0 Å². The number of nitrogens with two attached hydrogens (primary N) is 2. The fraction of sp³-hybridized carbons (Fsp3) is 0.867. The van der Waals surface area contributed by atoms with E-state index < -0.39 is 12.1 Å². The van der Waals surface area contributed by atoms with Gasteiger partial charge in [0.15, 0.2) is 0 Å². The van der Waals surface area contributed by atoms with E-state index in [1.807, 2.05) is 0 Å². The van der Waals surface area contributed by atoms with Crippen molar-refractivity contribution in [1.82, 2.24) is 10.6 Å². The zero-order valence-electron chi connectivity index (χ0n) is 12.7. The largest absolute Gasteiger partial charge is 0.352 e. The first-order valence-electron chi connectivity index (χ1n) is 8.11. The molecule has 2 saturated carbocycles. The highest BCUT2D eigenvalue weighted by Crippen LogP contribution is 2.40. The molecule has 120 valence electrons. The first kappa shape index (κ1) is 15.9. The number of hydrogen-bond acceptors (Lipinski definition) is 2. The molecule has 21 heavy (non-hydrogen) atoms. The standard InChI is InChI=1S/C15H28N4O2/c16-12(20)18-14(7-3-1-4-8-14)11-15(19-13(17)21)9-5-2-6-10-15/h1-11H2,(H3,16,18,20)(H3,17,19,21). The third kappa shape index (κ3) is 4.25. The molecule has 0 heterocycles. The van der Waals surface area contributed by atoms with Crippen molar-refractivity contribution >= 4 is 12.1 Å². The molecule has 0 bridgehead atoms. The molecule has 0 saturated heterocycles. The maximum Gasteiger partial charge on any atom is 0.312 e. The molecule has 0 unspecified atom stereocenters. The van der Waals surface area contributed by atoms with E-state index in [1.54, 1.807) is 0 Å². The second-order valence-corrected chi connectivity index (χ2v) is 6.84. The Morgan fingerprint density at radius 2 is 1.05 bits per heavy atom. The topological polar surface area (TPSA) is 110 Å². The fourth-order valence-electron chi connectivity index (χ4n) is 4.32. The summed E-state index contributed by atoms with van der Waals surface area (Å²) >= 11 is 0. The van der Waals surface area contributed by atoms with Crippen molar-refractivity contribution in [2.75, 3.05) is 0 Å². The highest BCUT2D eigenvalue weighted by molar-refractivity contribution is 5.73. The molecule has 0 aromatic carbocycles. The van der Waals surface area contributed by atoms with Crippen LogP contribution in [0.1, 0.15) is 70.6 Å². The molecular weight excluding hydrogens is 268 g/mol. The lowest BCUT2D eigenvalue weighted by Gasteiger charge is -2.47. The molecule has 2 fully saturated rings. The van der Waals surface area contributed by atoms with Crippen LogP contribution < -0.4 is 22.1 Å². The lowest BCUT2D eigenvalue weighted by molar-refractivity contribution is 0.128. The Morgan fingerprint density at radius 3 is 1.33 bits per heavy atom. The van der Waals surface area contributed by atoms with Gasteiger partial charge in [0.05, 0.1) is 0 Å². The van der Waals surface area contributed by atoms with Gasteiger partial charge in [-0.1, -0.05) is 38.5 Å². The number of urea groups is 2. The van der Waals surface area contributed by atoms with Gasteiger partial charge in [-0.05, 0) is 32.1 Å². The summed E-state index contributed by atoms with van der Waals surface area (Å²) in [6.07, 6.45) is 11.2. The van der Waals surface area contributed by atoms with Crippen molar-refractivity contribution in [3.63, 3.8) is 0 Å². The molecule has 6 nitrogen and oxygen atoms in total. The normalized spacial score (nSPS) is 24.0. The predicted octanol–water partition coefficient (Wildman–Crippen LogP) is 2.12. The van der Waals surface area contributed by atoms with Crippen LogP contribution in [-0.2, 0) is 0 Å². The summed E-state index contributed by atoms with van der Waals surface area (Å²) in [4.78, 5) is 22.9. The summed E-state index contributed by atoms with van der Waals surface area (Å²) in [7, 11) is 0. The average molecular weight is 296 g/mol. The Bertz CT molecular complexity index is 349. The van der Waals surface area contributed by atoms with Gasteiger partial charge in [-0.25, -0.2) is 9.59 Å². The Morgan fingerprint density at radius 1 is 0.714 bits per heavy atom. The molecule has 6 heteroatoms. The van der Waals surface area contributed by atoms with E-state index in [9.17, 15) is 9.59 Å². The van der Waals surface area contributed by atoms with E-state index in [1.165, 1.54) is 12.8 Å². The van der Waals surface area contributed by atoms with E-state index >= 15 is 0 Å². The molecule has 4 amide bonds. The molecular formula is C15H28N4O2. The second kappa shape index (κ2) is 6.54. The minimum Gasteiger partial charge on any atom is -0.352 e. The van der Waals surface area contributed by atoms with Gasteiger partial charge in [-0.2, -0.15) is 0 Å². The van der Waals surface area contributed by atoms with Gasteiger partial charge in [-0.3, -0.25) is 0 Å². The van der Waals surface area contributed by atoms with Gasteiger partial charge in [0.1, 0.15) is 0 Å². The van der Waals surface area contributed by atoms with Crippen LogP contribution in [0, 0.1) is 0 Å². The average Bonchev–Trinajstić information content (AvgIpc) is 2.38. The molecule has 2 rings (SSSR count). The molecule has 2 aliphatic carbocycles. The van der Waals surface area contributed by atoms with Crippen molar-refractivity contribution in [2.24, 2.45) is 11.5 Å². The SMILES string of the molecule is NC(=O)NC1(CC2(NC(N)=O)CCCCC2)CCCCC1. The third-order valence-electron chi connectivity index (χ3n) is 5.07. The van der Waals surface area contributed by atoms with E-state index in [-0.39, 0.29) is 11.1 Å². The van der Waals surface area contributed by atoms with Gasteiger partial charge >= 0.3 is 12.1 Å². The lowest BCUT2D eigenvalue weighted by Crippen LogP contribution is -2.61. The Kier molecular flexibility index (Phi) is 4.96. The highest BCUT2D eigenvalue weighted by Gasteiger charge is 2.43. The Hall–Kier alpha value is -1.46. The van der Waals surface area contributed by atoms with Gasteiger partial charge in [0.25, 0.3) is 0 Å². The van der Waals surface area contributed by atoms with E-state index in [0.717, 1.165) is 57.8 Å². The van der Waals surface area contributed by atoms with E-state index in [0.29, 0.717) is 0 Å². The zero-order valence-corrected chi connectivity index (χ0v) is 12.7. The lowest BCUT2D eigenvalue weighted by atomic mass is 9.68. The van der Waals surface area contributed by atoms with Crippen molar-refractivity contribution in [3.8, 4) is 0 Å². The fourth-order valence-corrected chi connectivity index (χ4v) is 4.32. The van der Waals surface area contributed by atoms with Crippen molar-refractivity contribution < 1.29 is 9.59 Å². The first-order valence-corrected chi connectivity index (χ1v) is 8.11. The number of amides is 4. The molecule has 6 N–H and O–H groups in total. The van der Waals surface area contributed by atoms with Gasteiger partial charge in [0.2, 0.25) is 0 Å². The molecule has 2 aliphatic rings. The smallest absolute Gasteiger partial charge is 0.312 e. The summed E-state index contributed by atoms with van der Waals surface area (Å²) in [5.41, 5.74) is 10.2. The van der Waals surface area contributed by atoms with Crippen molar-refractivity contribution in [2.45, 2.75) is 81.7 Å². The Labute approximate surface area is 126 Å². The van der Waals surface area contributed by atoms with Crippen molar-refractivity contribution in [1.29, 1.82) is 0 Å². The number of primary amides is 2. The van der Waals surface area contributed by atoms with Crippen molar-refractivity contribution in [3.05, 3.63) is 0 Å². The number of rotatable bonds is 4. The molecule has 0 radical (unpaired) electrons. The van der Waals surface area contributed by atoms with Crippen LogP contribution in [0.2, 0.25) is 0 Å². The highest BCUT2D eigenvalue weighted by atomic mass is 16.2. The maximum absolute atomic E-state index is 11.4. The second-order valence-electron chi connectivity index (χ2n) is 6.84. The molecule has 0 aliphatic heterocycles. The van der Waals surface area contributed by atoms with E-state index in [2.05, 4.69) is 10.6 Å². The van der Waals surface area contributed by atoms with Gasteiger partial charge in [-0.15, -0.1) is 0 Å².